The van der Waals surface area contributed by atoms with E-state index in [1.165, 1.54) is 42.5 Å². The maximum atomic E-state index is 14.0. The highest BCUT2D eigenvalue weighted by Gasteiger charge is 2.42. The molecule has 3 nitrogen and oxygen atoms in total. The Morgan fingerprint density at radius 2 is 1.17 bits per heavy atom. The fourth-order valence-corrected chi connectivity index (χ4v) is 5.48. The minimum absolute atomic E-state index is 0.235. The van der Waals surface area contributed by atoms with Crippen LogP contribution in [0.2, 0.25) is 0 Å². The molecule has 1 heterocycles. The summed E-state index contributed by atoms with van der Waals surface area (Å²) in [5, 5.41) is 0. The smallest absolute Gasteiger partial charge is 0.125 e. The molecule has 1 aromatic heterocycles. The van der Waals surface area contributed by atoms with Gasteiger partial charge in [-0.15, -0.1) is 0 Å². The number of nitrogens with zero attached hydrogens (tertiary/aromatic N) is 2. The molecule has 0 amide bonds. The third-order valence-electron chi connectivity index (χ3n) is 6.75. The number of hydrogen-bond acceptors (Lipinski definition) is 2. The van der Waals surface area contributed by atoms with Gasteiger partial charge in [0.1, 0.15) is 11.6 Å². The Hall–Kier alpha value is -2.82. The van der Waals surface area contributed by atoms with E-state index in [1.807, 2.05) is 50.1 Å². The standard InChI is InChI=1S/C25H27F2N3/c1-29(2)20-12-16(26)7-9-18(20)24-22-14-5-6-15(11-14)23(22)25(28-24)19-10-8-17(27)13-21(19)30(3)4/h7-10,12-15,28H,5-6,11H2,1-4H3. The molecule has 156 valence electrons. The first kappa shape index (κ1) is 19.2. The Balaban J connectivity index is 1.78. The lowest BCUT2D eigenvalue weighted by Gasteiger charge is -2.19. The van der Waals surface area contributed by atoms with Crippen molar-refractivity contribution in [1.82, 2.24) is 4.98 Å². The highest BCUT2D eigenvalue weighted by atomic mass is 19.1. The third-order valence-corrected chi connectivity index (χ3v) is 6.75. The van der Waals surface area contributed by atoms with Crippen LogP contribution in [0.5, 0.6) is 0 Å². The van der Waals surface area contributed by atoms with Gasteiger partial charge in [0.25, 0.3) is 0 Å². The Bertz CT molecular complexity index is 1040. The van der Waals surface area contributed by atoms with Crippen LogP contribution in [0, 0.1) is 11.6 Å². The molecule has 2 aromatic carbocycles. The van der Waals surface area contributed by atoms with E-state index >= 15 is 0 Å². The molecule has 0 aliphatic heterocycles. The molecule has 0 spiro atoms. The van der Waals surface area contributed by atoms with Gasteiger partial charge in [0.2, 0.25) is 0 Å². The molecule has 2 atom stereocenters. The molecule has 1 fully saturated rings. The summed E-state index contributed by atoms with van der Waals surface area (Å²) < 4.78 is 28.0. The number of fused-ring (bicyclic) bond motifs is 5. The molecule has 2 aliphatic rings. The fourth-order valence-electron chi connectivity index (χ4n) is 5.48. The molecule has 2 unspecified atom stereocenters. The summed E-state index contributed by atoms with van der Waals surface area (Å²) in [5.74, 6) is 0.600. The van der Waals surface area contributed by atoms with E-state index in [2.05, 4.69) is 4.98 Å². The molecular formula is C25H27F2N3. The summed E-state index contributed by atoms with van der Waals surface area (Å²) in [5.41, 5.74) is 8.69. The first-order valence-corrected chi connectivity index (χ1v) is 10.6. The Morgan fingerprint density at radius 3 is 1.57 bits per heavy atom. The Morgan fingerprint density at radius 1 is 0.733 bits per heavy atom. The molecule has 3 aromatic rings. The van der Waals surface area contributed by atoms with E-state index in [9.17, 15) is 8.78 Å². The van der Waals surface area contributed by atoms with E-state index in [1.54, 1.807) is 12.1 Å². The lowest BCUT2D eigenvalue weighted by molar-refractivity contribution is 0.627. The Labute approximate surface area is 176 Å². The summed E-state index contributed by atoms with van der Waals surface area (Å²) >= 11 is 0. The first-order chi connectivity index (χ1) is 14.3. The van der Waals surface area contributed by atoms with E-state index in [0.717, 1.165) is 33.9 Å². The second-order valence-corrected chi connectivity index (χ2v) is 9.02. The molecular weight excluding hydrogens is 380 g/mol. The van der Waals surface area contributed by atoms with Crippen LogP contribution < -0.4 is 9.80 Å². The van der Waals surface area contributed by atoms with Crippen molar-refractivity contribution < 1.29 is 8.78 Å². The van der Waals surface area contributed by atoms with Crippen molar-refractivity contribution in [2.45, 2.75) is 31.1 Å². The minimum Gasteiger partial charge on any atom is -0.377 e. The number of aromatic nitrogens is 1. The van der Waals surface area contributed by atoms with Crippen LogP contribution in [-0.4, -0.2) is 33.2 Å². The monoisotopic (exact) mass is 407 g/mol. The zero-order valence-electron chi connectivity index (χ0n) is 17.9. The Kier molecular flexibility index (Phi) is 4.38. The number of anilines is 2. The van der Waals surface area contributed by atoms with Crippen molar-refractivity contribution in [2.24, 2.45) is 0 Å². The number of benzene rings is 2. The predicted molar refractivity (Wildman–Crippen MR) is 120 cm³/mol. The van der Waals surface area contributed by atoms with Crippen LogP contribution in [-0.2, 0) is 0 Å². The summed E-state index contributed by atoms with van der Waals surface area (Å²) in [6.45, 7) is 0. The SMILES string of the molecule is CN(C)c1cc(F)ccc1-c1[nH]c(-c2ccc(F)cc2N(C)C)c2c1C1CCC2C1. The maximum Gasteiger partial charge on any atom is 0.125 e. The molecule has 0 saturated heterocycles. The summed E-state index contributed by atoms with van der Waals surface area (Å²) in [6, 6.07) is 10.0. The van der Waals surface area contributed by atoms with Crippen LogP contribution in [0.15, 0.2) is 36.4 Å². The maximum absolute atomic E-state index is 14.0. The topological polar surface area (TPSA) is 22.3 Å². The van der Waals surface area contributed by atoms with E-state index in [4.69, 9.17) is 0 Å². The molecule has 0 radical (unpaired) electrons. The highest BCUT2D eigenvalue weighted by Crippen LogP contribution is 2.59. The van der Waals surface area contributed by atoms with Gasteiger partial charge in [-0.05, 0) is 78.6 Å². The van der Waals surface area contributed by atoms with Crippen molar-refractivity contribution in [3.63, 3.8) is 0 Å². The lowest BCUT2D eigenvalue weighted by atomic mass is 9.88. The largest absolute Gasteiger partial charge is 0.377 e. The summed E-state index contributed by atoms with van der Waals surface area (Å²) in [7, 11) is 7.77. The second kappa shape index (κ2) is 6.86. The van der Waals surface area contributed by atoms with Gasteiger partial charge in [-0.2, -0.15) is 0 Å². The third kappa shape index (κ3) is 2.83. The van der Waals surface area contributed by atoms with Crippen LogP contribution >= 0.6 is 0 Å². The summed E-state index contributed by atoms with van der Waals surface area (Å²) in [6.07, 6.45) is 3.57. The number of halogens is 2. The summed E-state index contributed by atoms with van der Waals surface area (Å²) in [4.78, 5) is 7.64. The average molecular weight is 408 g/mol. The number of rotatable bonds is 4. The van der Waals surface area contributed by atoms with E-state index < -0.39 is 0 Å². The van der Waals surface area contributed by atoms with Crippen LogP contribution in [0.25, 0.3) is 22.5 Å². The van der Waals surface area contributed by atoms with Crippen molar-refractivity contribution in [3.8, 4) is 22.5 Å². The van der Waals surface area contributed by atoms with Crippen molar-refractivity contribution in [3.05, 3.63) is 59.2 Å². The number of nitrogens with one attached hydrogen (secondary N) is 1. The highest BCUT2D eigenvalue weighted by molar-refractivity contribution is 5.88. The van der Waals surface area contributed by atoms with Gasteiger partial charge in [-0.1, -0.05) is 0 Å². The van der Waals surface area contributed by atoms with Crippen LogP contribution in [0.3, 0.4) is 0 Å². The molecule has 5 rings (SSSR count). The minimum atomic E-state index is -0.235. The quantitative estimate of drug-likeness (QED) is 0.563. The van der Waals surface area contributed by atoms with Gasteiger partial charge in [-0.3, -0.25) is 0 Å². The van der Waals surface area contributed by atoms with Crippen molar-refractivity contribution in [2.75, 3.05) is 38.0 Å². The van der Waals surface area contributed by atoms with Crippen molar-refractivity contribution in [1.29, 1.82) is 0 Å². The van der Waals surface area contributed by atoms with Crippen LogP contribution in [0.1, 0.15) is 42.2 Å². The van der Waals surface area contributed by atoms with E-state index in [-0.39, 0.29) is 11.6 Å². The number of H-pyrrole nitrogens is 1. The molecule has 30 heavy (non-hydrogen) atoms. The predicted octanol–water partition coefficient (Wildman–Crippen LogP) is 6.12. The van der Waals surface area contributed by atoms with E-state index in [0.29, 0.717) is 11.8 Å². The van der Waals surface area contributed by atoms with Gasteiger partial charge in [0, 0.05) is 50.7 Å². The van der Waals surface area contributed by atoms with Gasteiger partial charge in [0.15, 0.2) is 0 Å². The molecule has 1 N–H and O–H groups in total. The van der Waals surface area contributed by atoms with Gasteiger partial charge in [0.05, 0.1) is 11.4 Å². The number of hydrogen-bond donors (Lipinski definition) is 1. The normalized spacial score (nSPS) is 19.3. The lowest BCUT2D eigenvalue weighted by Crippen LogP contribution is -2.11. The zero-order chi connectivity index (χ0) is 21.2. The molecule has 2 aliphatic carbocycles. The van der Waals surface area contributed by atoms with Crippen molar-refractivity contribution >= 4 is 11.4 Å². The second-order valence-electron chi connectivity index (χ2n) is 9.02. The molecule has 2 bridgehead atoms. The van der Waals surface area contributed by atoms with Gasteiger partial charge >= 0.3 is 0 Å². The molecule has 1 saturated carbocycles. The fraction of sp³-hybridized carbons (Fsp3) is 0.360. The van der Waals surface area contributed by atoms with Crippen LogP contribution in [0.4, 0.5) is 20.2 Å². The zero-order valence-corrected chi connectivity index (χ0v) is 17.9. The van der Waals surface area contributed by atoms with Gasteiger partial charge in [-0.25, -0.2) is 8.78 Å². The first-order valence-electron chi connectivity index (χ1n) is 10.6. The number of aromatic amines is 1. The van der Waals surface area contributed by atoms with Gasteiger partial charge < -0.3 is 14.8 Å². The average Bonchev–Trinajstić information content (AvgIpc) is 3.40. The molecule has 5 heteroatoms.